The second kappa shape index (κ2) is 7.22. The molecule has 2 aromatic rings. The summed E-state index contributed by atoms with van der Waals surface area (Å²) in [7, 11) is 0. The van der Waals surface area contributed by atoms with Crippen molar-refractivity contribution >= 4 is 11.0 Å². The summed E-state index contributed by atoms with van der Waals surface area (Å²) in [5, 5.41) is 14.8. The lowest BCUT2D eigenvalue weighted by Crippen LogP contribution is -2.22. The first-order chi connectivity index (χ1) is 10.8. The Morgan fingerprint density at radius 1 is 1.36 bits per heavy atom. The van der Waals surface area contributed by atoms with Crippen LogP contribution in [-0.4, -0.2) is 23.2 Å². The van der Waals surface area contributed by atoms with E-state index >= 15 is 0 Å². The molecule has 1 aromatic heterocycles. The molecule has 5 heteroatoms. The van der Waals surface area contributed by atoms with E-state index in [1.165, 1.54) is 0 Å². The number of aromatic nitrogens is 1. The van der Waals surface area contributed by atoms with Gasteiger partial charge in [0.2, 0.25) is 0 Å². The van der Waals surface area contributed by atoms with Crippen LogP contribution in [0.5, 0.6) is 0 Å². The number of aliphatic hydroxyl groups excluding tert-OH is 1. The van der Waals surface area contributed by atoms with Crippen molar-refractivity contribution in [3.8, 4) is 0 Å². The quantitative estimate of drug-likeness (QED) is 0.887. The molecule has 22 heavy (non-hydrogen) atoms. The van der Waals surface area contributed by atoms with Crippen LogP contribution >= 0.6 is 0 Å². The molecule has 2 heterocycles. The fraction of sp³-hybridized carbons (Fsp3) is 0.588. The van der Waals surface area contributed by atoms with Gasteiger partial charge in [0.15, 0.2) is 11.9 Å². The highest BCUT2D eigenvalue weighted by molar-refractivity contribution is 5.83. The molecule has 0 bridgehead atoms. The second-order valence-corrected chi connectivity index (χ2v) is 5.72. The number of hydrogen-bond acceptors (Lipinski definition) is 5. The first-order valence-electron chi connectivity index (χ1n) is 8.06. The summed E-state index contributed by atoms with van der Waals surface area (Å²) in [4.78, 5) is 0. The topological polar surface area (TPSA) is 64.7 Å². The molecule has 1 N–H and O–H groups in total. The van der Waals surface area contributed by atoms with Gasteiger partial charge in [0.25, 0.3) is 0 Å². The summed E-state index contributed by atoms with van der Waals surface area (Å²) in [6.45, 7) is 3.21. The zero-order chi connectivity index (χ0) is 15.4. The van der Waals surface area contributed by atoms with Crippen molar-refractivity contribution in [3.05, 3.63) is 29.0 Å². The lowest BCUT2D eigenvalue weighted by atomic mass is 10.0. The van der Waals surface area contributed by atoms with E-state index in [2.05, 4.69) is 12.1 Å². The summed E-state index contributed by atoms with van der Waals surface area (Å²) >= 11 is 0. The molecule has 0 amide bonds. The van der Waals surface area contributed by atoms with Gasteiger partial charge in [-0.05, 0) is 37.3 Å². The van der Waals surface area contributed by atoms with Crippen LogP contribution in [0.4, 0.5) is 0 Å². The van der Waals surface area contributed by atoms with E-state index < -0.39 is 0 Å². The maximum absolute atomic E-state index is 9.58. The van der Waals surface area contributed by atoms with Crippen LogP contribution in [0.3, 0.4) is 0 Å². The number of rotatable bonds is 6. The molecular weight excluding hydrogens is 282 g/mol. The van der Waals surface area contributed by atoms with Crippen LogP contribution in [0.2, 0.25) is 0 Å². The van der Waals surface area contributed by atoms with Gasteiger partial charge in [0.05, 0.1) is 18.9 Å². The standard InChI is InChI=1S/C17H23NO4/c1-2-5-15-13-8-7-12(10-19)14(17(13)22-18-15)11-21-16-6-3-4-9-20-16/h7-8,16,19H,2-6,9-11H2,1H3. The molecule has 1 unspecified atom stereocenters. The van der Waals surface area contributed by atoms with Crippen molar-refractivity contribution in [2.45, 2.75) is 58.5 Å². The van der Waals surface area contributed by atoms with Crippen molar-refractivity contribution in [1.29, 1.82) is 0 Å². The summed E-state index contributed by atoms with van der Waals surface area (Å²) in [5.74, 6) is 0. The lowest BCUT2D eigenvalue weighted by molar-refractivity contribution is -0.169. The molecule has 3 rings (SSSR count). The van der Waals surface area contributed by atoms with Gasteiger partial charge < -0.3 is 19.1 Å². The van der Waals surface area contributed by atoms with Crippen molar-refractivity contribution in [2.75, 3.05) is 6.61 Å². The van der Waals surface area contributed by atoms with Crippen LogP contribution < -0.4 is 0 Å². The monoisotopic (exact) mass is 305 g/mol. The Morgan fingerprint density at radius 2 is 2.27 bits per heavy atom. The van der Waals surface area contributed by atoms with Crippen LogP contribution in [0.1, 0.15) is 49.4 Å². The summed E-state index contributed by atoms with van der Waals surface area (Å²) in [5.41, 5.74) is 3.40. The minimum absolute atomic E-state index is 0.0377. The predicted octanol–water partition coefficient (Wildman–Crippen LogP) is 3.32. The number of nitrogens with zero attached hydrogens (tertiary/aromatic N) is 1. The van der Waals surface area contributed by atoms with E-state index in [4.69, 9.17) is 14.0 Å². The average molecular weight is 305 g/mol. The van der Waals surface area contributed by atoms with E-state index in [9.17, 15) is 5.11 Å². The molecule has 1 atom stereocenters. The minimum Gasteiger partial charge on any atom is -0.392 e. The van der Waals surface area contributed by atoms with Crippen LogP contribution in [0, 0.1) is 0 Å². The molecule has 1 aliphatic rings. The normalized spacial score (nSPS) is 18.9. The van der Waals surface area contributed by atoms with Gasteiger partial charge in [-0.3, -0.25) is 0 Å². The third-order valence-electron chi connectivity index (χ3n) is 4.12. The maximum Gasteiger partial charge on any atom is 0.173 e. The Morgan fingerprint density at radius 3 is 3.00 bits per heavy atom. The van der Waals surface area contributed by atoms with Gasteiger partial charge in [-0.2, -0.15) is 0 Å². The van der Waals surface area contributed by atoms with Crippen LogP contribution in [-0.2, 0) is 29.1 Å². The number of fused-ring (bicyclic) bond motifs is 1. The zero-order valence-corrected chi connectivity index (χ0v) is 13.0. The van der Waals surface area contributed by atoms with Gasteiger partial charge in [0.1, 0.15) is 0 Å². The molecule has 0 saturated carbocycles. The predicted molar refractivity (Wildman–Crippen MR) is 82.3 cm³/mol. The van der Waals surface area contributed by atoms with Crippen LogP contribution in [0.25, 0.3) is 11.0 Å². The van der Waals surface area contributed by atoms with Crippen molar-refractivity contribution in [2.24, 2.45) is 0 Å². The van der Waals surface area contributed by atoms with Gasteiger partial charge in [-0.1, -0.05) is 24.6 Å². The fourth-order valence-electron chi connectivity index (χ4n) is 2.89. The van der Waals surface area contributed by atoms with Crippen molar-refractivity contribution in [3.63, 3.8) is 0 Å². The Kier molecular flexibility index (Phi) is 5.08. The molecule has 120 valence electrons. The number of aryl methyl sites for hydroxylation is 1. The summed E-state index contributed by atoms with van der Waals surface area (Å²) in [6.07, 6.45) is 4.89. The van der Waals surface area contributed by atoms with Crippen LogP contribution in [0.15, 0.2) is 16.7 Å². The van der Waals surface area contributed by atoms with Crippen molar-refractivity contribution < 1.29 is 19.1 Å². The third kappa shape index (κ3) is 3.16. The van der Waals surface area contributed by atoms with E-state index in [0.717, 1.165) is 66.5 Å². The Bertz CT molecular complexity index is 616. The average Bonchev–Trinajstić information content (AvgIpc) is 2.97. The molecule has 5 nitrogen and oxygen atoms in total. The highest BCUT2D eigenvalue weighted by atomic mass is 16.7. The van der Waals surface area contributed by atoms with Crippen molar-refractivity contribution in [1.82, 2.24) is 5.16 Å². The molecule has 1 aromatic carbocycles. The SMILES string of the molecule is CCCc1noc2c(COC3CCCCO3)c(CO)ccc12. The fourth-order valence-corrected chi connectivity index (χ4v) is 2.89. The number of hydrogen-bond donors (Lipinski definition) is 1. The van der Waals surface area contributed by atoms with E-state index in [0.29, 0.717) is 6.61 Å². The lowest BCUT2D eigenvalue weighted by Gasteiger charge is -2.23. The largest absolute Gasteiger partial charge is 0.392 e. The Hall–Kier alpha value is -1.43. The number of aliphatic hydroxyl groups is 1. The first-order valence-corrected chi connectivity index (χ1v) is 8.06. The van der Waals surface area contributed by atoms with Gasteiger partial charge in [0, 0.05) is 17.6 Å². The third-order valence-corrected chi connectivity index (χ3v) is 4.12. The second-order valence-electron chi connectivity index (χ2n) is 5.72. The molecule has 0 radical (unpaired) electrons. The highest BCUT2D eigenvalue weighted by Crippen LogP contribution is 2.28. The van der Waals surface area contributed by atoms with Gasteiger partial charge in [-0.25, -0.2) is 0 Å². The smallest absolute Gasteiger partial charge is 0.173 e. The summed E-state index contributed by atoms with van der Waals surface area (Å²) < 4.78 is 17.0. The maximum atomic E-state index is 9.58. The Labute approximate surface area is 130 Å². The van der Waals surface area contributed by atoms with E-state index in [-0.39, 0.29) is 12.9 Å². The Balaban J connectivity index is 1.85. The molecule has 1 saturated heterocycles. The molecule has 1 fully saturated rings. The van der Waals surface area contributed by atoms with Gasteiger partial charge in [-0.15, -0.1) is 0 Å². The number of benzene rings is 1. The molecule has 0 spiro atoms. The summed E-state index contributed by atoms with van der Waals surface area (Å²) in [6, 6.07) is 3.90. The molecule has 0 aliphatic carbocycles. The highest BCUT2D eigenvalue weighted by Gasteiger charge is 2.19. The molecule has 1 aliphatic heterocycles. The zero-order valence-electron chi connectivity index (χ0n) is 13.0. The van der Waals surface area contributed by atoms with Gasteiger partial charge >= 0.3 is 0 Å². The van der Waals surface area contributed by atoms with E-state index in [1.807, 2.05) is 12.1 Å². The molecular formula is C17H23NO4. The number of ether oxygens (including phenoxy) is 2. The first kappa shape index (κ1) is 15.5. The van der Waals surface area contributed by atoms with E-state index in [1.54, 1.807) is 0 Å². The minimum atomic E-state index is -0.159.